The van der Waals surface area contributed by atoms with E-state index in [9.17, 15) is 0 Å². The lowest BCUT2D eigenvalue weighted by molar-refractivity contribution is 0.0753. The van der Waals surface area contributed by atoms with Crippen LogP contribution in [-0.4, -0.2) is 27.5 Å². The fourth-order valence-corrected chi connectivity index (χ4v) is 1.04. The first-order chi connectivity index (χ1) is 6.29. The molecule has 0 aromatic carbocycles. The van der Waals surface area contributed by atoms with Gasteiger partial charge in [0.05, 0.1) is 6.10 Å². The maximum Gasteiger partial charge on any atom is 0.137 e. The van der Waals surface area contributed by atoms with Crippen LogP contribution in [0.2, 0.25) is 0 Å². The van der Waals surface area contributed by atoms with Crippen LogP contribution in [0.3, 0.4) is 0 Å². The number of rotatable bonds is 6. The third kappa shape index (κ3) is 4.62. The van der Waals surface area contributed by atoms with Gasteiger partial charge < -0.3 is 4.74 Å². The molecule has 0 bridgehead atoms. The number of unbranched alkanes of at least 4 members (excludes halogenated alkanes) is 1. The summed E-state index contributed by atoms with van der Waals surface area (Å²) in [6.07, 6.45) is 5.81. The summed E-state index contributed by atoms with van der Waals surface area (Å²) >= 11 is 0. The minimum atomic E-state index is 0.339. The molecule has 0 saturated heterocycles. The SMILES string of the molecule is CC(C)OCCCCn1cncn1. The molecule has 0 unspecified atom stereocenters. The molecule has 4 nitrogen and oxygen atoms in total. The minimum absolute atomic E-state index is 0.339. The second kappa shape index (κ2) is 5.70. The first-order valence-electron chi connectivity index (χ1n) is 4.73. The standard InChI is InChI=1S/C9H17N3O/c1-9(2)13-6-4-3-5-12-8-10-7-11-12/h7-9H,3-6H2,1-2H3. The number of nitrogens with zero attached hydrogens (tertiary/aromatic N) is 3. The van der Waals surface area contributed by atoms with Gasteiger partial charge in [0.1, 0.15) is 12.7 Å². The molecule has 1 rings (SSSR count). The Morgan fingerprint density at radius 3 is 2.85 bits per heavy atom. The van der Waals surface area contributed by atoms with Crippen LogP contribution in [0.25, 0.3) is 0 Å². The van der Waals surface area contributed by atoms with E-state index in [-0.39, 0.29) is 0 Å². The molecule has 13 heavy (non-hydrogen) atoms. The van der Waals surface area contributed by atoms with Gasteiger partial charge in [0.2, 0.25) is 0 Å². The maximum absolute atomic E-state index is 5.42. The summed E-state index contributed by atoms with van der Waals surface area (Å²) in [7, 11) is 0. The molecule has 1 heterocycles. The van der Waals surface area contributed by atoms with E-state index >= 15 is 0 Å². The molecule has 74 valence electrons. The largest absolute Gasteiger partial charge is 0.379 e. The van der Waals surface area contributed by atoms with Gasteiger partial charge in [0.15, 0.2) is 0 Å². The van der Waals surface area contributed by atoms with Crippen LogP contribution in [-0.2, 0) is 11.3 Å². The predicted octanol–water partition coefficient (Wildman–Crippen LogP) is 1.48. The Labute approximate surface area is 78.9 Å². The third-order valence-corrected chi connectivity index (χ3v) is 1.70. The Hall–Kier alpha value is -0.900. The number of ether oxygens (including phenoxy) is 1. The second-order valence-corrected chi connectivity index (χ2v) is 3.29. The molecule has 0 saturated carbocycles. The van der Waals surface area contributed by atoms with E-state index < -0.39 is 0 Å². The summed E-state index contributed by atoms with van der Waals surface area (Å²) in [5, 5.41) is 4.01. The average Bonchev–Trinajstić information content (AvgIpc) is 2.55. The number of hydrogen-bond donors (Lipinski definition) is 0. The van der Waals surface area contributed by atoms with Crippen LogP contribution in [0, 0.1) is 0 Å². The van der Waals surface area contributed by atoms with Crippen molar-refractivity contribution in [1.29, 1.82) is 0 Å². The molecule has 4 heteroatoms. The summed E-state index contributed by atoms with van der Waals surface area (Å²) < 4.78 is 7.26. The first-order valence-corrected chi connectivity index (χ1v) is 4.73. The molecule has 0 aliphatic heterocycles. The smallest absolute Gasteiger partial charge is 0.137 e. The molecule has 0 fully saturated rings. The highest BCUT2D eigenvalue weighted by molar-refractivity contribution is 4.55. The van der Waals surface area contributed by atoms with Crippen molar-refractivity contribution in [2.24, 2.45) is 0 Å². The molecule has 0 atom stereocenters. The van der Waals surface area contributed by atoms with Gasteiger partial charge in [0, 0.05) is 13.2 Å². The topological polar surface area (TPSA) is 39.9 Å². The highest BCUT2D eigenvalue weighted by Gasteiger charge is 1.94. The fraction of sp³-hybridized carbons (Fsp3) is 0.778. The molecular formula is C9H17N3O. The molecule has 0 N–H and O–H groups in total. The lowest BCUT2D eigenvalue weighted by Gasteiger charge is -2.06. The monoisotopic (exact) mass is 183 g/mol. The highest BCUT2D eigenvalue weighted by atomic mass is 16.5. The van der Waals surface area contributed by atoms with Gasteiger partial charge >= 0.3 is 0 Å². The Balaban J connectivity index is 1.96. The van der Waals surface area contributed by atoms with Gasteiger partial charge in [-0.2, -0.15) is 5.10 Å². The van der Waals surface area contributed by atoms with Crippen LogP contribution in [0.5, 0.6) is 0 Å². The molecule has 0 radical (unpaired) electrons. The normalized spacial score (nSPS) is 11.0. The van der Waals surface area contributed by atoms with Crippen molar-refractivity contribution in [1.82, 2.24) is 14.8 Å². The molecule has 0 spiro atoms. The van der Waals surface area contributed by atoms with Crippen LogP contribution in [0.4, 0.5) is 0 Å². The van der Waals surface area contributed by atoms with Crippen molar-refractivity contribution < 1.29 is 4.74 Å². The zero-order chi connectivity index (χ0) is 9.52. The summed E-state index contributed by atoms with van der Waals surface area (Å²) in [6.45, 7) is 5.88. The lowest BCUT2D eigenvalue weighted by Crippen LogP contribution is -2.05. The van der Waals surface area contributed by atoms with Gasteiger partial charge in [-0.1, -0.05) is 0 Å². The third-order valence-electron chi connectivity index (χ3n) is 1.70. The van der Waals surface area contributed by atoms with Crippen LogP contribution >= 0.6 is 0 Å². The van der Waals surface area contributed by atoms with Gasteiger partial charge in [-0.25, -0.2) is 4.98 Å². The van der Waals surface area contributed by atoms with Crippen molar-refractivity contribution in [3.63, 3.8) is 0 Å². The Morgan fingerprint density at radius 1 is 1.38 bits per heavy atom. The number of hydrogen-bond acceptors (Lipinski definition) is 3. The zero-order valence-electron chi connectivity index (χ0n) is 8.31. The molecular weight excluding hydrogens is 166 g/mol. The van der Waals surface area contributed by atoms with Crippen molar-refractivity contribution in [2.45, 2.75) is 39.3 Å². The molecule has 0 aliphatic carbocycles. The van der Waals surface area contributed by atoms with E-state index in [4.69, 9.17) is 4.74 Å². The summed E-state index contributed by atoms with van der Waals surface area (Å²) in [5.74, 6) is 0. The van der Waals surface area contributed by atoms with Gasteiger partial charge in [0.25, 0.3) is 0 Å². The summed E-state index contributed by atoms with van der Waals surface area (Å²) in [5.41, 5.74) is 0. The lowest BCUT2D eigenvalue weighted by atomic mass is 10.3. The molecule has 0 amide bonds. The minimum Gasteiger partial charge on any atom is -0.379 e. The van der Waals surface area contributed by atoms with Crippen LogP contribution in [0.15, 0.2) is 12.7 Å². The van der Waals surface area contributed by atoms with Crippen LogP contribution < -0.4 is 0 Å². The Kier molecular flexibility index (Phi) is 4.46. The molecule has 0 aliphatic rings. The van der Waals surface area contributed by atoms with Gasteiger partial charge in [-0.05, 0) is 26.7 Å². The first kappa shape index (κ1) is 10.2. The van der Waals surface area contributed by atoms with E-state index in [2.05, 4.69) is 23.9 Å². The number of aryl methyl sites for hydroxylation is 1. The zero-order valence-corrected chi connectivity index (χ0v) is 8.31. The van der Waals surface area contributed by atoms with E-state index in [1.54, 1.807) is 12.7 Å². The fourth-order valence-electron chi connectivity index (χ4n) is 1.04. The van der Waals surface area contributed by atoms with E-state index in [0.29, 0.717) is 6.10 Å². The van der Waals surface area contributed by atoms with E-state index in [0.717, 1.165) is 26.0 Å². The van der Waals surface area contributed by atoms with Crippen LogP contribution in [0.1, 0.15) is 26.7 Å². The number of aromatic nitrogens is 3. The van der Waals surface area contributed by atoms with Crippen molar-refractivity contribution >= 4 is 0 Å². The summed E-state index contributed by atoms with van der Waals surface area (Å²) in [6, 6.07) is 0. The molecule has 1 aromatic heterocycles. The van der Waals surface area contributed by atoms with Gasteiger partial charge in [-0.15, -0.1) is 0 Å². The maximum atomic E-state index is 5.42. The average molecular weight is 183 g/mol. The van der Waals surface area contributed by atoms with Gasteiger partial charge in [-0.3, -0.25) is 4.68 Å². The van der Waals surface area contributed by atoms with E-state index in [1.807, 2.05) is 4.68 Å². The Bertz CT molecular complexity index is 209. The van der Waals surface area contributed by atoms with Crippen molar-refractivity contribution in [3.8, 4) is 0 Å². The van der Waals surface area contributed by atoms with Crippen molar-refractivity contribution in [2.75, 3.05) is 6.61 Å². The van der Waals surface area contributed by atoms with E-state index in [1.165, 1.54) is 0 Å². The summed E-state index contributed by atoms with van der Waals surface area (Å²) in [4.78, 5) is 3.87. The van der Waals surface area contributed by atoms with Crippen molar-refractivity contribution in [3.05, 3.63) is 12.7 Å². The Morgan fingerprint density at radius 2 is 2.23 bits per heavy atom. The second-order valence-electron chi connectivity index (χ2n) is 3.29. The predicted molar refractivity (Wildman–Crippen MR) is 50.3 cm³/mol. The quantitative estimate of drug-likeness (QED) is 0.627. The molecule has 1 aromatic rings. The highest BCUT2D eigenvalue weighted by Crippen LogP contribution is 1.96.